The van der Waals surface area contributed by atoms with E-state index < -0.39 is 21.7 Å². The highest BCUT2D eigenvalue weighted by Gasteiger charge is 2.22. The fraction of sp³-hybridized carbons (Fsp3) is 0.900. The lowest BCUT2D eigenvalue weighted by Crippen LogP contribution is -2.45. The Morgan fingerprint density at radius 3 is 2.19 bits per heavy atom. The third-order valence-corrected chi connectivity index (χ3v) is 5.92. The van der Waals surface area contributed by atoms with Crippen molar-refractivity contribution in [2.24, 2.45) is 10.9 Å². The first-order valence-electron chi connectivity index (χ1n) is 10.6. The molecule has 0 aromatic carbocycles. The lowest BCUT2D eigenvalue weighted by molar-refractivity contribution is 0.0485. The number of hydrogen-bond acceptors (Lipinski definition) is 5. The Kier molecular flexibility index (Phi) is 15.8. The lowest BCUT2D eigenvalue weighted by atomic mass is 10.0. The van der Waals surface area contributed by atoms with Crippen LogP contribution in [-0.2, 0) is 14.8 Å². The molecule has 0 aliphatic heterocycles. The summed E-state index contributed by atoms with van der Waals surface area (Å²) in [6.45, 7) is 13.7. The molecule has 11 heteroatoms. The van der Waals surface area contributed by atoms with Crippen molar-refractivity contribution in [1.82, 2.24) is 19.8 Å². The van der Waals surface area contributed by atoms with Gasteiger partial charge in [-0.25, -0.2) is 17.5 Å². The van der Waals surface area contributed by atoms with Crippen molar-refractivity contribution in [3.63, 3.8) is 0 Å². The molecule has 0 heterocycles. The molecular weight excluding hydrogens is 533 g/mol. The standard InChI is InChI=1S/C20H43N5O4S.HI/c1-10-25(30(9,27)28)14-11-13-22-18(21-7)24(8)15-12-17(16(2)3)23-19(26)29-20(4,5)6;/h16-17H,10-15H2,1-9H3,(H,21,22)(H,23,26);1H. The summed E-state index contributed by atoms with van der Waals surface area (Å²) in [6, 6.07) is -0.0201. The van der Waals surface area contributed by atoms with Crippen molar-refractivity contribution < 1.29 is 17.9 Å². The van der Waals surface area contributed by atoms with Crippen molar-refractivity contribution in [2.75, 3.05) is 46.5 Å². The molecule has 0 bridgehead atoms. The molecule has 1 amide bonds. The third-order valence-electron chi connectivity index (χ3n) is 4.54. The number of nitrogens with one attached hydrogen (secondary N) is 2. The number of rotatable bonds is 11. The molecule has 31 heavy (non-hydrogen) atoms. The van der Waals surface area contributed by atoms with Crippen molar-refractivity contribution >= 4 is 46.1 Å². The summed E-state index contributed by atoms with van der Waals surface area (Å²) in [4.78, 5) is 18.4. The van der Waals surface area contributed by atoms with Crippen LogP contribution >= 0.6 is 24.0 Å². The Hall–Kier alpha value is -0.820. The van der Waals surface area contributed by atoms with Crippen LogP contribution in [0.1, 0.15) is 54.4 Å². The maximum atomic E-state index is 12.1. The van der Waals surface area contributed by atoms with Gasteiger partial charge in [-0.2, -0.15) is 0 Å². The highest BCUT2D eigenvalue weighted by atomic mass is 127. The minimum Gasteiger partial charge on any atom is -0.444 e. The zero-order chi connectivity index (χ0) is 23.5. The Morgan fingerprint density at radius 2 is 1.77 bits per heavy atom. The van der Waals surface area contributed by atoms with Crippen molar-refractivity contribution in [2.45, 2.75) is 66.0 Å². The van der Waals surface area contributed by atoms with Gasteiger partial charge in [0.25, 0.3) is 0 Å². The molecule has 0 saturated heterocycles. The fourth-order valence-corrected chi connectivity index (χ4v) is 3.80. The molecule has 0 aliphatic rings. The normalized spacial score (nSPS) is 13.6. The zero-order valence-electron chi connectivity index (χ0n) is 20.7. The largest absolute Gasteiger partial charge is 0.444 e. The van der Waals surface area contributed by atoms with Gasteiger partial charge in [-0.1, -0.05) is 20.8 Å². The average Bonchev–Trinajstić information content (AvgIpc) is 2.58. The van der Waals surface area contributed by atoms with Gasteiger partial charge in [-0.3, -0.25) is 4.99 Å². The average molecular weight is 578 g/mol. The number of hydrogen-bond donors (Lipinski definition) is 2. The second kappa shape index (κ2) is 15.1. The first-order chi connectivity index (χ1) is 13.7. The SMILES string of the molecule is CCN(CCCNC(=NC)N(C)CCC(NC(=O)OC(C)(C)C)C(C)C)S(C)(=O)=O.I. The molecule has 0 aromatic rings. The van der Waals surface area contributed by atoms with E-state index in [0.717, 1.165) is 12.4 Å². The Morgan fingerprint density at radius 1 is 1.19 bits per heavy atom. The molecule has 0 radical (unpaired) electrons. The van der Waals surface area contributed by atoms with Gasteiger partial charge in [0.2, 0.25) is 10.0 Å². The fourth-order valence-electron chi connectivity index (χ4n) is 2.87. The summed E-state index contributed by atoms with van der Waals surface area (Å²) >= 11 is 0. The second-order valence-electron chi connectivity index (χ2n) is 8.79. The van der Waals surface area contributed by atoms with Gasteiger partial charge in [0.1, 0.15) is 5.60 Å². The predicted molar refractivity (Wildman–Crippen MR) is 139 cm³/mol. The number of sulfonamides is 1. The maximum Gasteiger partial charge on any atom is 0.407 e. The predicted octanol–water partition coefficient (Wildman–Crippen LogP) is 2.72. The Bertz CT molecular complexity index is 650. The minimum absolute atomic E-state index is 0. The Balaban J connectivity index is 0. The van der Waals surface area contributed by atoms with E-state index >= 15 is 0 Å². The van der Waals surface area contributed by atoms with Gasteiger partial charge < -0.3 is 20.3 Å². The van der Waals surface area contributed by atoms with Crippen LogP contribution < -0.4 is 10.6 Å². The van der Waals surface area contributed by atoms with Crippen LogP contribution in [0.5, 0.6) is 0 Å². The van der Waals surface area contributed by atoms with Crippen LogP contribution in [0.25, 0.3) is 0 Å². The number of alkyl carbamates (subject to hydrolysis) is 1. The van der Waals surface area contributed by atoms with Gasteiger partial charge in [-0.05, 0) is 39.5 Å². The molecule has 1 unspecified atom stereocenters. The second-order valence-corrected chi connectivity index (χ2v) is 10.8. The van der Waals surface area contributed by atoms with E-state index in [4.69, 9.17) is 4.74 Å². The molecule has 186 valence electrons. The molecule has 9 nitrogen and oxygen atoms in total. The molecule has 1 atom stereocenters. The Labute approximate surface area is 206 Å². The molecular formula is C20H44IN5O4S. The smallest absolute Gasteiger partial charge is 0.407 e. The molecule has 0 rings (SSSR count). The van der Waals surface area contributed by atoms with E-state index in [1.54, 1.807) is 7.05 Å². The summed E-state index contributed by atoms with van der Waals surface area (Å²) in [7, 11) is 0.489. The molecule has 2 N–H and O–H groups in total. The zero-order valence-corrected chi connectivity index (χ0v) is 23.8. The van der Waals surface area contributed by atoms with Crippen LogP contribution in [0.15, 0.2) is 4.99 Å². The van der Waals surface area contributed by atoms with Gasteiger partial charge in [0, 0.05) is 46.3 Å². The van der Waals surface area contributed by atoms with Crippen LogP contribution in [0.4, 0.5) is 4.79 Å². The van der Waals surface area contributed by atoms with Crippen LogP contribution in [-0.4, -0.2) is 87.8 Å². The molecule has 0 aromatic heterocycles. The summed E-state index contributed by atoms with van der Waals surface area (Å²) in [5.74, 6) is 0.995. The summed E-state index contributed by atoms with van der Waals surface area (Å²) in [6.07, 6.45) is 2.25. The van der Waals surface area contributed by atoms with Gasteiger partial charge in [0.15, 0.2) is 5.96 Å². The van der Waals surface area contributed by atoms with E-state index in [0.29, 0.717) is 32.6 Å². The number of amides is 1. The number of carbonyl (C=O) groups excluding carboxylic acids is 1. The highest BCUT2D eigenvalue weighted by Crippen LogP contribution is 2.11. The van der Waals surface area contributed by atoms with E-state index in [9.17, 15) is 13.2 Å². The quantitative estimate of drug-likeness (QED) is 0.170. The lowest BCUT2D eigenvalue weighted by Gasteiger charge is -2.28. The van der Waals surface area contributed by atoms with Crippen molar-refractivity contribution in [1.29, 1.82) is 0 Å². The van der Waals surface area contributed by atoms with Gasteiger partial charge >= 0.3 is 6.09 Å². The number of aliphatic imine (C=N–C) groups is 1. The first kappa shape index (κ1) is 32.4. The first-order valence-corrected chi connectivity index (χ1v) is 12.4. The van der Waals surface area contributed by atoms with Crippen molar-refractivity contribution in [3.05, 3.63) is 0 Å². The molecule has 0 saturated carbocycles. The van der Waals surface area contributed by atoms with E-state index in [2.05, 4.69) is 29.5 Å². The number of guanidine groups is 1. The summed E-state index contributed by atoms with van der Waals surface area (Å²) in [5.41, 5.74) is -0.529. The third kappa shape index (κ3) is 14.8. The number of carbonyl (C=O) groups is 1. The highest BCUT2D eigenvalue weighted by molar-refractivity contribution is 14.0. The number of halogens is 1. The number of nitrogens with zero attached hydrogens (tertiary/aromatic N) is 3. The van der Waals surface area contributed by atoms with Gasteiger partial charge in [-0.15, -0.1) is 24.0 Å². The van der Waals surface area contributed by atoms with Crippen LogP contribution in [0.2, 0.25) is 0 Å². The van der Waals surface area contributed by atoms with Gasteiger partial charge in [0.05, 0.1) is 6.26 Å². The number of ether oxygens (including phenoxy) is 1. The molecule has 0 spiro atoms. The van der Waals surface area contributed by atoms with Crippen molar-refractivity contribution in [3.8, 4) is 0 Å². The molecule has 0 aliphatic carbocycles. The monoisotopic (exact) mass is 577 g/mol. The van der Waals surface area contributed by atoms with Crippen LogP contribution in [0.3, 0.4) is 0 Å². The molecule has 0 fully saturated rings. The van der Waals surface area contributed by atoms with Crippen LogP contribution in [0, 0.1) is 5.92 Å². The van der Waals surface area contributed by atoms with E-state index in [-0.39, 0.29) is 35.9 Å². The summed E-state index contributed by atoms with van der Waals surface area (Å²) < 4.78 is 30.1. The van der Waals surface area contributed by atoms with E-state index in [1.165, 1.54) is 10.6 Å². The topological polar surface area (TPSA) is 103 Å². The minimum atomic E-state index is -3.17. The summed E-state index contributed by atoms with van der Waals surface area (Å²) in [5, 5.41) is 6.23. The maximum absolute atomic E-state index is 12.1. The van der Waals surface area contributed by atoms with E-state index in [1.807, 2.05) is 39.6 Å².